The average molecular weight is 315 g/mol. The number of amides is 1. The van der Waals surface area contributed by atoms with Crippen LogP contribution in [0.5, 0.6) is 5.75 Å². The molecule has 0 unspecified atom stereocenters. The number of rotatable bonds is 4. The van der Waals surface area contributed by atoms with Crippen LogP contribution < -0.4 is 4.74 Å². The number of nitrogens with zero attached hydrogens (tertiary/aromatic N) is 1. The molecular formula is C17H17NO3S. The lowest BCUT2D eigenvalue weighted by Crippen LogP contribution is -2.25. The third kappa shape index (κ3) is 2.60. The van der Waals surface area contributed by atoms with Gasteiger partial charge in [0.1, 0.15) is 11.3 Å². The lowest BCUT2D eigenvalue weighted by Gasteiger charge is -2.14. The number of benzene rings is 1. The van der Waals surface area contributed by atoms with Crippen LogP contribution in [0, 0.1) is 6.92 Å². The number of carbonyl (C=O) groups excluding carboxylic acids is 1. The van der Waals surface area contributed by atoms with Crippen molar-refractivity contribution >= 4 is 28.2 Å². The number of thiophene rings is 1. The number of hydrogen-bond donors (Lipinski definition) is 0. The number of ether oxygens (including phenoxy) is 1. The van der Waals surface area contributed by atoms with Crippen molar-refractivity contribution in [2.75, 3.05) is 14.2 Å². The number of aryl methyl sites for hydroxylation is 1. The highest BCUT2D eigenvalue weighted by Gasteiger charge is 2.21. The number of carbonyl (C=O) groups is 1. The van der Waals surface area contributed by atoms with Gasteiger partial charge in [0.25, 0.3) is 5.91 Å². The van der Waals surface area contributed by atoms with Gasteiger partial charge >= 0.3 is 0 Å². The van der Waals surface area contributed by atoms with E-state index in [4.69, 9.17) is 9.15 Å². The van der Waals surface area contributed by atoms with Crippen LogP contribution in [0.2, 0.25) is 0 Å². The smallest absolute Gasteiger partial charge is 0.289 e. The van der Waals surface area contributed by atoms with Gasteiger partial charge in [-0.3, -0.25) is 4.79 Å². The van der Waals surface area contributed by atoms with Gasteiger partial charge in [-0.1, -0.05) is 6.07 Å². The van der Waals surface area contributed by atoms with Crippen molar-refractivity contribution in [1.82, 2.24) is 4.90 Å². The van der Waals surface area contributed by atoms with Crippen LogP contribution in [-0.2, 0) is 6.54 Å². The predicted molar refractivity (Wildman–Crippen MR) is 87.6 cm³/mol. The van der Waals surface area contributed by atoms with Gasteiger partial charge in [-0.25, -0.2) is 0 Å². The Kier molecular flexibility index (Phi) is 3.90. The van der Waals surface area contributed by atoms with E-state index in [1.807, 2.05) is 42.6 Å². The second-order valence-electron chi connectivity index (χ2n) is 5.16. The Morgan fingerprint density at radius 2 is 2.18 bits per heavy atom. The molecule has 0 radical (unpaired) electrons. The zero-order valence-corrected chi connectivity index (χ0v) is 13.6. The summed E-state index contributed by atoms with van der Waals surface area (Å²) in [5.41, 5.74) is 1.54. The van der Waals surface area contributed by atoms with Crippen molar-refractivity contribution in [2.45, 2.75) is 13.5 Å². The highest BCUT2D eigenvalue weighted by atomic mass is 32.1. The molecule has 2 heterocycles. The van der Waals surface area contributed by atoms with Crippen molar-refractivity contribution in [1.29, 1.82) is 0 Å². The molecule has 0 aliphatic heterocycles. The molecule has 1 amide bonds. The highest BCUT2D eigenvalue weighted by Crippen LogP contribution is 2.29. The lowest BCUT2D eigenvalue weighted by molar-refractivity contribution is 0.0756. The molecule has 5 heteroatoms. The molecule has 0 bridgehead atoms. The predicted octanol–water partition coefficient (Wildman–Crippen LogP) is 4.08. The molecule has 0 aliphatic carbocycles. The first-order valence-electron chi connectivity index (χ1n) is 6.95. The minimum absolute atomic E-state index is 0.110. The minimum Gasteiger partial charge on any atom is -0.497 e. The molecule has 2 aromatic heterocycles. The molecule has 0 saturated carbocycles. The molecule has 114 valence electrons. The van der Waals surface area contributed by atoms with Crippen LogP contribution in [0.4, 0.5) is 0 Å². The topological polar surface area (TPSA) is 42.7 Å². The molecule has 0 N–H and O–H groups in total. The van der Waals surface area contributed by atoms with Gasteiger partial charge < -0.3 is 14.1 Å². The molecule has 22 heavy (non-hydrogen) atoms. The number of methoxy groups -OCH3 is 1. The summed E-state index contributed by atoms with van der Waals surface area (Å²) in [5, 5.41) is 2.92. The van der Waals surface area contributed by atoms with Crippen molar-refractivity contribution < 1.29 is 13.9 Å². The van der Waals surface area contributed by atoms with E-state index in [2.05, 4.69) is 0 Å². The van der Waals surface area contributed by atoms with Gasteiger partial charge in [-0.2, -0.15) is 0 Å². The first kappa shape index (κ1) is 14.7. The Labute approximate surface area is 132 Å². The largest absolute Gasteiger partial charge is 0.497 e. The van der Waals surface area contributed by atoms with Crippen LogP contribution in [-0.4, -0.2) is 25.0 Å². The van der Waals surface area contributed by atoms with E-state index >= 15 is 0 Å². The zero-order valence-electron chi connectivity index (χ0n) is 12.8. The molecule has 1 aromatic carbocycles. The van der Waals surface area contributed by atoms with E-state index in [9.17, 15) is 4.79 Å². The molecule has 3 aromatic rings. The second kappa shape index (κ2) is 5.85. The van der Waals surface area contributed by atoms with Crippen LogP contribution in [0.1, 0.15) is 21.0 Å². The number of hydrogen-bond acceptors (Lipinski definition) is 4. The molecule has 0 saturated heterocycles. The Hall–Kier alpha value is -2.27. The monoisotopic (exact) mass is 315 g/mol. The Bertz CT molecular complexity index is 805. The number of fused-ring (bicyclic) bond motifs is 1. The first-order valence-corrected chi connectivity index (χ1v) is 7.83. The fraction of sp³-hybridized carbons (Fsp3) is 0.235. The fourth-order valence-corrected chi connectivity index (χ4v) is 3.17. The van der Waals surface area contributed by atoms with Gasteiger partial charge in [0.05, 0.1) is 13.7 Å². The lowest BCUT2D eigenvalue weighted by atomic mass is 10.1. The van der Waals surface area contributed by atoms with Crippen molar-refractivity contribution in [2.24, 2.45) is 0 Å². The van der Waals surface area contributed by atoms with Gasteiger partial charge in [0.15, 0.2) is 5.76 Å². The van der Waals surface area contributed by atoms with Crippen molar-refractivity contribution in [3.63, 3.8) is 0 Å². The first-order chi connectivity index (χ1) is 10.6. The minimum atomic E-state index is -0.110. The highest BCUT2D eigenvalue weighted by molar-refractivity contribution is 7.09. The second-order valence-corrected chi connectivity index (χ2v) is 6.19. The molecule has 3 rings (SSSR count). The van der Waals surface area contributed by atoms with E-state index < -0.39 is 0 Å². The maximum absolute atomic E-state index is 12.6. The van der Waals surface area contributed by atoms with Gasteiger partial charge in [0.2, 0.25) is 0 Å². The Morgan fingerprint density at radius 1 is 1.36 bits per heavy atom. The molecule has 0 aliphatic rings. The summed E-state index contributed by atoms with van der Waals surface area (Å²) in [5.74, 6) is 1.03. The third-order valence-electron chi connectivity index (χ3n) is 3.66. The summed E-state index contributed by atoms with van der Waals surface area (Å²) in [6, 6.07) is 9.55. The normalized spacial score (nSPS) is 10.9. The van der Waals surface area contributed by atoms with Gasteiger partial charge in [-0.05, 0) is 36.6 Å². The Morgan fingerprint density at radius 3 is 2.86 bits per heavy atom. The van der Waals surface area contributed by atoms with Crippen LogP contribution in [0.25, 0.3) is 11.0 Å². The molecule has 0 spiro atoms. The van der Waals surface area contributed by atoms with E-state index in [1.165, 1.54) is 0 Å². The Balaban J connectivity index is 1.91. The van der Waals surface area contributed by atoms with Crippen LogP contribution in [0.15, 0.2) is 40.1 Å². The summed E-state index contributed by atoms with van der Waals surface area (Å²) in [7, 11) is 3.41. The van der Waals surface area contributed by atoms with Gasteiger partial charge in [-0.15, -0.1) is 11.3 Å². The summed E-state index contributed by atoms with van der Waals surface area (Å²) in [4.78, 5) is 15.4. The molecular weight excluding hydrogens is 298 g/mol. The van der Waals surface area contributed by atoms with Crippen molar-refractivity contribution in [3.8, 4) is 5.75 Å². The molecule has 4 nitrogen and oxygen atoms in total. The summed E-state index contributed by atoms with van der Waals surface area (Å²) >= 11 is 1.64. The van der Waals surface area contributed by atoms with Crippen LogP contribution >= 0.6 is 11.3 Å². The maximum atomic E-state index is 12.6. The van der Waals surface area contributed by atoms with E-state index in [0.717, 1.165) is 21.6 Å². The third-order valence-corrected chi connectivity index (χ3v) is 4.52. The standard InChI is InChI=1S/C17H17NO3S/c1-11-14-9-12(20-3)6-7-15(14)21-16(11)17(19)18(2)10-13-5-4-8-22-13/h4-9H,10H2,1-3H3. The fourth-order valence-electron chi connectivity index (χ4n) is 2.41. The van der Waals surface area contributed by atoms with E-state index in [1.54, 1.807) is 30.4 Å². The summed E-state index contributed by atoms with van der Waals surface area (Å²) in [6.07, 6.45) is 0. The van der Waals surface area contributed by atoms with Crippen molar-refractivity contribution in [3.05, 3.63) is 51.9 Å². The molecule has 0 fully saturated rings. The SMILES string of the molecule is COc1ccc2oc(C(=O)N(C)Cc3cccs3)c(C)c2c1. The maximum Gasteiger partial charge on any atom is 0.289 e. The summed E-state index contributed by atoms with van der Waals surface area (Å²) in [6.45, 7) is 2.48. The van der Waals surface area contributed by atoms with E-state index in [0.29, 0.717) is 17.9 Å². The quantitative estimate of drug-likeness (QED) is 0.728. The zero-order chi connectivity index (χ0) is 15.7. The average Bonchev–Trinajstić information content (AvgIpc) is 3.14. The molecule has 0 atom stereocenters. The van der Waals surface area contributed by atoms with E-state index in [-0.39, 0.29) is 5.91 Å². The number of furan rings is 1. The van der Waals surface area contributed by atoms with Gasteiger partial charge in [0, 0.05) is 22.9 Å². The van der Waals surface area contributed by atoms with Crippen LogP contribution in [0.3, 0.4) is 0 Å². The summed E-state index contributed by atoms with van der Waals surface area (Å²) < 4.78 is 11.0.